The van der Waals surface area contributed by atoms with Crippen molar-refractivity contribution in [1.82, 2.24) is 20.3 Å². The van der Waals surface area contributed by atoms with Crippen LogP contribution in [0.4, 0.5) is 0 Å². The number of ether oxygens (including phenoxy) is 1. The van der Waals surface area contributed by atoms with Gasteiger partial charge in [-0.2, -0.15) is 0 Å². The van der Waals surface area contributed by atoms with Crippen LogP contribution < -0.4 is 31.6 Å². The van der Waals surface area contributed by atoms with Gasteiger partial charge in [0.15, 0.2) is 0 Å². The zero-order valence-electron chi connectivity index (χ0n) is 25.3. The monoisotopic (exact) mass is 657 g/mol. The number of rotatable bonds is 19. The zero-order valence-corrected chi connectivity index (χ0v) is 26.1. The number of carboxylic acid groups (broad SMARTS) is 1. The number of amides is 3. The molecule has 10 N–H and O–H groups in total. The van der Waals surface area contributed by atoms with E-state index in [4.69, 9.17) is 26.7 Å². The molecule has 2 aromatic carbocycles. The molecule has 46 heavy (non-hydrogen) atoms. The van der Waals surface area contributed by atoms with Gasteiger partial charge in [-0.3, -0.25) is 24.6 Å². The number of hydrogen-bond acceptors (Lipinski definition) is 8. The first kappa shape index (κ1) is 35.5. The van der Waals surface area contributed by atoms with Crippen molar-refractivity contribution in [3.8, 4) is 5.75 Å². The second kappa shape index (κ2) is 16.4. The van der Waals surface area contributed by atoms with Crippen LogP contribution in [-0.4, -0.2) is 72.5 Å². The lowest BCUT2D eigenvalue weighted by Crippen LogP contribution is -2.54. The molecule has 1 aromatic heterocycles. The molecule has 0 bridgehead atoms. The van der Waals surface area contributed by atoms with Crippen molar-refractivity contribution in [2.24, 2.45) is 11.5 Å². The molecule has 2 unspecified atom stereocenters. The highest BCUT2D eigenvalue weighted by Gasteiger charge is 2.29. The largest absolute Gasteiger partial charge is 0.494 e. The predicted molar refractivity (Wildman–Crippen MR) is 170 cm³/mol. The Balaban J connectivity index is 1.79. The van der Waals surface area contributed by atoms with E-state index < -0.39 is 45.8 Å². The predicted octanol–water partition coefficient (Wildman–Crippen LogP) is 0.613. The maximum Gasteiger partial charge on any atom is 0.303 e. The zero-order chi connectivity index (χ0) is 33.9. The van der Waals surface area contributed by atoms with Gasteiger partial charge in [0, 0.05) is 42.0 Å². The summed E-state index contributed by atoms with van der Waals surface area (Å²) in [6, 6.07) is 9.22. The first-order valence-corrected chi connectivity index (χ1v) is 16.2. The normalized spacial score (nSPS) is 12.6. The molecular formula is C30H39N7O8S. The number of aromatic amines is 1. The van der Waals surface area contributed by atoms with Crippen LogP contribution in [0.5, 0.6) is 5.75 Å². The molecule has 0 saturated carbocycles. The van der Waals surface area contributed by atoms with Crippen LogP contribution in [0.3, 0.4) is 0 Å². The van der Waals surface area contributed by atoms with Crippen molar-refractivity contribution in [2.45, 2.75) is 57.7 Å². The van der Waals surface area contributed by atoms with E-state index in [0.29, 0.717) is 39.8 Å². The molecule has 0 radical (unpaired) electrons. The number of hydrogen-bond donors (Lipinski definition) is 8. The molecule has 0 aliphatic carbocycles. The van der Waals surface area contributed by atoms with Crippen LogP contribution >= 0.6 is 0 Å². The minimum Gasteiger partial charge on any atom is -0.494 e. The molecule has 2 atom stereocenters. The van der Waals surface area contributed by atoms with Gasteiger partial charge in [0.1, 0.15) is 23.7 Å². The van der Waals surface area contributed by atoms with Crippen LogP contribution in [0.1, 0.15) is 49.3 Å². The smallest absolute Gasteiger partial charge is 0.303 e. The Bertz CT molecular complexity index is 1670. The fourth-order valence-electron chi connectivity index (χ4n) is 4.48. The molecule has 248 valence electrons. The number of fused-ring (bicyclic) bond motifs is 1. The maximum absolute atomic E-state index is 13.6. The number of nitrogen functional groups attached to an aromatic ring is 1. The topological polar surface area (TPSA) is 260 Å². The summed E-state index contributed by atoms with van der Waals surface area (Å²) in [4.78, 5) is 52.1. The third-order valence-corrected chi connectivity index (χ3v) is 8.43. The molecule has 0 fully saturated rings. The minimum atomic E-state index is -3.88. The number of benzene rings is 2. The van der Waals surface area contributed by atoms with Crippen molar-refractivity contribution in [2.75, 3.05) is 12.4 Å². The minimum absolute atomic E-state index is 0.0430. The Morgan fingerprint density at radius 1 is 1.02 bits per heavy atom. The van der Waals surface area contributed by atoms with Crippen LogP contribution in [0.15, 0.2) is 48.7 Å². The molecular weight excluding hydrogens is 618 g/mol. The van der Waals surface area contributed by atoms with E-state index in [0.717, 1.165) is 0 Å². The number of nitrogens with two attached hydrogens (primary N) is 2. The van der Waals surface area contributed by atoms with E-state index in [1.54, 1.807) is 48.7 Å². The molecule has 0 spiro atoms. The number of sulfonamides is 1. The van der Waals surface area contributed by atoms with E-state index in [1.807, 2.05) is 0 Å². The van der Waals surface area contributed by atoms with Crippen LogP contribution in [0.2, 0.25) is 0 Å². The van der Waals surface area contributed by atoms with Crippen LogP contribution in [-0.2, 0) is 42.2 Å². The number of primary amides is 1. The van der Waals surface area contributed by atoms with E-state index in [-0.39, 0.29) is 50.4 Å². The van der Waals surface area contributed by atoms with Gasteiger partial charge in [0.2, 0.25) is 27.7 Å². The lowest BCUT2D eigenvalue weighted by atomic mass is 10.0. The van der Waals surface area contributed by atoms with E-state index in [2.05, 4.69) is 20.3 Å². The molecule has 15 nitrogen and oxygen atoms in total. The van der Waals surface area contributed by atoms with Gasteiger partial charge < -0.3 is 36.9 Å². The number of nitrogens with one attached hydrogen (secondary N) is 5. The van der Waals surface area contributed by atoms with Gasteiger partial charge in [-0.15, -0.1) is 0 Å². The van der Waals surface area contributed by atoms with Crippen LogP contribution in [0.25, 0.3) is 10.9 Å². The Morgan fingerprint density at radius 2 is 1.74 bits per heavy atom. The maximum atomic E-state index is 13.6. The molecule has 0 aliphatic heterocycles. The summed E-state index contributed by atoms with van der Waals surface area (Å²) in [5.41, 5.74) is 13.3. The lowest BCUT2D eigenvalue weighted by Gasteiger charge is -2.23. The summed E-state index contributed by atoms with van der Waals surface area (Å²) >= 11 is 0. The summed E-state index contributed by atoms with van der Waals surface area (Å²) in [6.07, 6.45) is 1.46. The number of carbonyl (C=O) groups is 4. The van der Waals surface area contributed by atoms with Crippen molar-refractivity contribution in [3.05, 3.63) is 65.4 Å². The number of aliphatic carboxylic acids is 1. The Hall–Kier alpha value is -4.96. The molecule has 3 amide bonds. The Kier molecular flexibility index (Phi) is 12.6. The molecule has 0 saturated heterocycles. The van der Waals surface area contributed by atoms with Gasteiger partial charge >= 0.3 is 5.97 Å². The lowest BCUT2D eigenvalue weighted by molar-refractivity contribution is -0.137. The van der Waals surface area contributed by atoms with Crippen molar-refractivity contribution in [3.63, 3.8) is 0 Å². The van der Waals surface area contributed by atoms with Crippen molar-refractivity contribution >= 4 is 50.5 Å². The van der Waals surface area contributed by atoms with E-state index in [1.165, 1.54) is 6.92 Å². The molecule has 0 aliphatic rings. The second-order valence-corrected chi connectivity index (χ2v) is 12.6. The highest BCUT2D eigenvalue weighted by Crippen LogP contribution is 2.25. The van der Waals surface area contributed by atoms with Gasteiger partial charge in [0.25, 0.3) is 0 Å². The van der Waals surface area contributed by atoms with Gasteiger partial charge in [-0.05, 0) is 55.5 Å². The highest BCUT2D eigenvalue weighted by molar-refractivity contribution is 7.89. The van der Waals surface area contributed by atoms with Gasteiger partial charge in [-0.25, -0.2) is 13.1 Å². The first-order chi connectivity index (χ1) is 21.8. The van der Waals surface area contributed by atoms with E-state index >= 15 is 0 Å². The molecule has 1 heterocycles. The summed E-state index contributed by atoms with van der Waals surface area (Å²) < 4.78 is 33.3. The Morgan fingerprint density at radius 3 is 2.37 bits per heavy atom. The molecule has 16 heteroatoms. The number of H-pyrrole nitrogens is 1. The van der Waals surface area contributed by atoms with Gasteiger partial charge in [0.05, 0.1) is 12.4 Å². The molecule has 3 rings (SSSR count). The second-order valence-electron chi connectivity index (χ2n) is 10.5. The third-order valence-electron chi connectivity index (χ3n) is 7.03. The first-order valence-electron chi connectivity index (χ1n) is 14.5. The quantitative estimate of drug-likeness (QED) is 0.0509. The summed E-state index contributed by atoms with van der Waals surface area (Å²) in [6.45, 7) is 1.67. The van der Waals surface area contributed by atoms with Gasteiger partial charge in [-0.1, -0.05) is 24.3 Å². The summed E-state index contributed by atoms with van der Waals surface area (Å²) in [7, 11) is -3.88. The average molecular weight is 658 g/mol. The molecule has 3 aromatic rings. The summed E-state index contributed by atoms with van der Waals surface area (Å²) in [5.74, 6) is -2.95. The van der Waals surface area contributed by atoms with Crippen LogP contribution in [0, 0.1) is 5.41 Å². The van der Waals surface area contributed by atoms with E-state index in [9.17, 15) is 27.6 Å². The Labute approximate surface area is 266 Å². The van der Waals surface area contributed by atoms with Crippen molar-refractivity contribution in [1.29, 1.82) is 5.41 Å². The number of carbonyl (C=O) groups excluding carboxylic acids is 3. The fraction of sp³-hybridized carbons (Fsp3) is 0.367. The third kappa shape index (κ3) is 10.9. The number of carboxylic acids is 1. The standard InChI is InChI=1S/C30H39N7O8S/c1-2-46(43,44)37-25(14-20-17-34-23-10-9-21(15-22(20)23)45-13-3-4-27(39)40)30(42)36-24(11-12-26(31)38)29(41)35-16-18-5-7-19(8-6-18)28(32)33/h5-10,15,17,24-25,34,37H,2-4,11-14,16H2,1H3,(H2,31,38)(H3,32,33)(H,35,41)(H,36,42)(H,39,40). The summed E-state index contributed by atoms with van der Waals surface area (Å²) in [5, 5.41) is 22.3. The number of amidine groups is 1. The average Bonchev–Trinajstić information content (AvgIpc) is 3.41. The SMILES string of the molecule is CCS(=O)(=O)NC(Cc1c[nH]c2ccc(OCCCC(=O)O)cc12)C(=O)NC(CCC(N)=O)C(=O)NCc1ccc(C(=N)N)cc1. The van der Waals surface area contributed by atoms with Crippen molar-refractivity contribution < 1.29 is 37.4 Å². The fourth-order valence-corrected chi connectivity index (χ4v) is 5.27. The number of aromatic nitrogens is 1. The highest BCUT2D eigenvalue weighted by atomic mass is 32.2.